The highest BCUT2D eigenvalue weighted by atomic mass is 127. The summed E-state index contributed by atoms with van der Waals surface area (Å²) in [6.07, 6.45) is 0. The minimum absolute atomic E-state index is 0.148. The first-order valence-corrected chi connectivity index (χ1v) is 7.97. The Labute approximate surface area is 129 Å². The van der Waals surface area contributed by atoms with Crippen LogP contribution in [0.5, 0.6) is 0 Å². The second-order valence-electron chi connectivity index (χ2n) is 3.87. The van der Waals surface area contributed by atoms with E-state index >= 15 is 0 Å². The number of anilines is 1. The van der Waals surface area contributed by atoms with E-state index in [1.165, 1.54) is 18.2 Å². The zero-order valence-electron chi connectivity index (χ0n) is 9.99. The Morgan fingerprint density at radius 2 is 1.75 bits per heavy atom. The fourth-order valence-electron chi connectivity index (χ4n) is 1.50. The van der Waals surface area contributed by atoms with Gasteiger partial charge in [0.15, 0.2) is 0 Å². The van der Waals surface area contributed by atoms with Crippen LogP contribution in [0.3, 0.4) is 0 Å². The van der Waals surface area contributed by atoms with Gasteiger partial charge in [-0.2, -0.15) is 0 Å². The van der Waals surface area contributed by atoms with E-state index in [4.69, 9.17) is 0 Å². The standard InChI is InChI=1S/C12H9IN2O4S/c13-9-4-6-10(7-5-9)14-20(18,19)12-3-1-2-11(8-12)15(16)17/h1-8,14H. The Morgan fingerprint density at radius 3 is 2.35 bits per heavy atom. The van der Waals surface area contributed by atoms with Crippen molar-refractivity contribution in [2.24, 2.45) is 0 Å². The van der Waals surface area contributed by atoms with E-state index in [0.717, 1.165) is 9.64 Å². The van der Waals surface area contributed by atoms with Crippen LogP contribution in [0.1, 0.15) is 0 Å². The Morgan fingerprint density at radius 1 is 1.10 bits per heavy atom. The van der Waals surface area contributed by atoms with E-state index in [9.17, 15) is 18.5 Å². The number of hydrogen-bond donors (Lipinski definition) is 1. The molecule has 0 saturated carbocycles. The number of sulfonamides is 1. The van der Waals surface area contributed by atoms with E-state index in [1.54, 1.807) is 24.3 Å². The number of nitro groups is 1. The summed E-state index contributed by atoms with van der Waals surface area (Å²) in [5.74, 6) is 0. The topological polar surface area (TPSA) is 89.3 Å². The molecule has 0 saturated heterocycles. The van der Waals surface area contributed by atoms with Crippen LogP contribution in [0.15, 0.2) is 53.4 Å². The highest BCUT2D eigenvalue weighted by Crippen LogP contribution is 2.20. The van der Waals surface area contributed by atoms with Gasteiger partial charge in [-0.3, -0.25) is 14.8 Å². The summed E-state index contributed by atoms with van der Waals surface area (Å²) in [6.45, 7) is 0. The molecule has 0 radical (unpaired) electrons. The molecule has 2 aromatic carbocycles. The molecule has 8 heteroatoms. The van der Waals surface area contributed by atoms with Crippen molar-refractivity contribution >= 4 is 44.0 Å². The van der Waals surface area contributed by atoms with Gasteiger partial charge in [0.05, 0.1) is 9.82 Å². The Hall–Kier alpha value is -1.68. The van der Waals surface area contributed by atoms with Gasteiger partial charge in [-0.1, -0.05) is 6.07 Å². The molecular formula is C12H9IN2O4S. The van der Waals surface area contributed by atoms with Crippen LogP contribution >= 0.6 is 22.6 Å². The molecule has 0 amide bonds. The van der Waals surface area contributed by atoms with Crippen molar-refractivity contribution in [3.05, 3.63) is 62.2 Å². The molecule has 0 aliphatic heterocycles. The zero-order valence-corrected chi connectivity index (χ0v) is 13.0. The lowest BCUT2D eigenvalue weighted by atomic mass is 10.3. The first-order chi connectivity index (χ1) is 9.38. The smallest absolute Gasteiger partial charge is 0.270 e. The summed E-state index contributed by atoms with van der Waals surface area (Å²) in [6, 6.07) is 11.7. The van der Waals surface area contributed by atoms with Gasteiger partial charge >= 0.3 is 0 Å². The molecule has 0 aliphatic carbocycles. The maximum Gasteiger partial charge on any atom is 0.270 e. The van der Waals surface area contributed by atoms with E-state index in [1.807, 2.05) is 0 Å². The monoisotopic (exact) mass is 404 g/mol. The van der Waals surface area contributed by atoms with E-state index < -0.39 is 14.9 Å². The molecule has 0 unspecified atom stereocenters. The molecule has 20 heavy (non-hydrogen) atoms. The molecule has 0 atom stereocenters. The van der Waals surface area contributed by atoms with Gasteiger partial charge in [0.25, 0.3) is 15.7 Å². The summed E-state index contributed by atoms with van der Waals surface area (Å²) < 4.78 is 27.6. The summed E-state index contributed by atoms with van der Waals surface area (Å²) in [5, 5.41) is 10.7. The average Bonchev–Trinajstić information content (AvgIpc) is 2.41. The first kappa shape index (κ1) is 14.7. The maximum atomic E-state index is 12.1. The van der Waals surface area contributed by atoms with Crippen LogP contribution in [-0.2, 0) is 10.0 Å². The van der Waals surface area contributed by atoms with Crippen LogP contribution in [-0.4, -0.2) is 13.3 Å². The fourth-order valence-corrected chi connectivity index (χ4v) is 2.95. The summed E-state index contributed by atoms with van der Waals surface area (Å²) in [7, 11) is -3.84. The molecular weight excluding hydrogens is 395 g/mol. The second kappa shape index (κ2) is 5.75. The van der Waals surface area contributed by atoms with Gasteiger partial charge in [0.1, 0.15) is 0 Å². The second-order valence-corrected chi connectivity index (χ2v) is 6.79. The highest BCUT2D eigenvalue weighted by molar-refractivity contribution is 14.1. The van der Waals surface area contributed by atoms with Crippen molar-refractivity contribution in [3.63, 3.8) is 0 Å². The first-order valence-electron chi connectivity index (χ1n) is 5.41. The SMILES string of the molecule is O=[N+]([O-])c1cccc(S(=O)(=O)Nc2ccc(I)cc2)c1. The van der Waals surface area contributed by atoms with Crippen molar-refractivity contribution in [2.75, 3.05) is 4.72 Å². The molecule has 0 aromatic heterocycles. The van der Waals surface area contributed by atoms with Crippen molar-refractivity contribution < 1.29 is 13.3 Å². The van der Waals surface area contributed by atoms with Crippen molar-refractivity contribution in [2.45, 2.75) is 4.90 Å². The molecule has 0 bridgehead atoms. The predicted molar refractivity (Wildman–Crippen MR) is 83.1 cm³/mol. The molecule has 0 aliphatic rings. The zero-order chi connectivity index (χ0) is 14.8. The highest BCUT2D eigenvalue weighted by Gasteiger charge is 2.17. The molecule has 2 aromatic rings. The van der Waals surface area contributed by atoms with Gasteiger partial charge in [-0.15, -0.1) is 0 Å². The van der Waals surface area contributed by atoms with Crippen LogP contribution in [0.25, 0.3) is 0 Å². The quantitative estimate of drug-likeness (QED) is 0.482. The lowest BCUT2D eigenvalue weighted by Gasteiger charge is -2.07. The molecule has 0 heterocycles. The van der Waals surface area contributed by atoms with Crippen molar-refractivity contribution in [3.8, 4) is 0 Å². The Bertz CT molecular complexity index is 744. The van der Waals surface area contributed by atoms with E-state index in [2.05, 4.69) is 27.3 Å². The van der Waals surface area contributed by atoms with Crippen LogP contribution in [0.2, 0.25) is 0 Å². The van der Waals surface area contributed by atoms with E-state index in [0.29, 0.717) is 5.69 Å². The third kappa shape index (κ3) is 3.45. The Kier molecular flexibility index (Phi) is 4.23. The third-order valence-electron chi connectivity index (χ3n) is 2.44. The van der Waals surface area contributed by atoms with Crippen molar-refractivity contribution in [1.29, 1.82) is 0 Å². The number of benzene rings is 2. The van der Waals surface area contributed by atoms with Crippen LogP contribution in [0.4, 0.5) is 11.4 Å². The van der Waals surface area contributed by atoms with Gasteiger partial charge in [0, 0.05) is 21.4 Å². The summed E-state index contributed by atoms with van der Waals surface area (Å²) in [4.78, 5) is 9.88. The minimum atomic E-state index is -3.84. The lowest BCUT2D eigenvalue weighted by molar-refractivity contribution is -0.385. The number of nitrogens with zero attached hydrogens (tertiary/aromatic N) is 1. The number of non-ortho nitro benzene ring substituents is 1. The van der Waals surface area contributed by atoms with Gasteiger partial charge in [-0.05, 0) is 52.9 Å². The van der Waals surface area contributed by atoms with Crippen LogP contribution in [0, 0.1) is 13.7 Å². The molecule has 0 spiro atoms. The third-order valence-corrected chi connectivity index (χ3v) is 4.53. The van der Waals surface area contributed by atoms with Gasteiger partial charge in [0.2, 0.25) is 0 Å². The average molecular weight is 404 g/mol. The number of nitro benzene ring substituents is 1. The molecule has 1 N–H and O–H groups in total. The normalized spacial score (nSPS) is 11.1. The van der Waals surface area contributed by atoms with Gasteiger partial charge < -0.3 is 0 Å². The molecule has 0 fully saturated rings. The largest absolute Gasteiger partial charge is 0.280 e. The van der Waals surface area contributed by atoms with Crippen LogP contribution < -0.4 is 4.72 Å². The summed E-state index contributed by atoms with van der Waals surface area (Å²) >= 11 is 2.10. The Balaban J connectivity index is 2.33. The minimum Gasteiger partial charge on any atom is -0.280 e. The summed E-state index contributed by atoms with van der Waals surface area (Å²) in [5.41, 5.74) is 0.132. The molecule has 2 rings (SSSR count). The van der Waals surface area contributed by atoms with Gasteiger partial charge in [-0.25, -0.2) is 8.42 Å². The van der Waals surface area contributed by atoms with Crippen molar-refractivity contribution in [1.82, 2.24) is 0 Å². The fraction of sp³-hybridized carbons (Fsp3) is 0. The number of halogens is 1. The maximum absolute atomic E-state index is 12.1. The number of rotatable bonds is 4. The molecule has 104 valence electrons. The lowest BCUT2D eigenvalue weighted by Crippen LogP contribution is -2.13. The van der Waals surface area contributed by atoms with E-state index in [-0.39, 0.29) is 10.6 Å². The predicted octanol–water partition coefficient (Wildman–Crippen LogP) is 3.00. The number of hydrogen-bond acceptors (Lipinski definition) is 4. The molecule has 6 nitrogen and oxygen atoms in total. The number of nitrogens with one attached hydrogen (secondary N) is 1.